The number of hydrogen-bond donors (Lipinski definition) is 1. The maximum absolute atomic E-state index is 10.9. The molecule has 14 heavy (non-hydrogen) atoms. The third kappa shape index (κ3) is 1.29. The van der Waals surface area contributed by atoms with Crippen LogP contribution in [0.1, 0.15) is 28.7 Å². The molecule has 1 aliphatic rings. The van der Waals surface area contributed by atoms with Crippen LogP contribution in [0, 0.1) is 0 Å². The van der Waals surface area contributed by atoms with E-state index in [0.717, 1.165) is 11.3 Å². The Balaban J connectivity index is 2.51. The van der Waals surface area contributed by atoms with Gasteiger partial charge in [0.05, 0.1) is 25.5 Å². The van der Waals surface area contributed by atoms with Crippen LogP contribution in [-0.4, -0.2) is 27.5 Å². The van der Waals surface area contributed by atoms with Crippen LogP contribution in [0.3, 0.4) is 0 Å². The Morgan fingerprint density at radius 2 is 2.50 bits per heavy atom. The molecule has 0 saturated heterocycles. The van der Waals surface area contributed by atoms with Crippen molar-refractivity contribution < 1.29 is 14.6 Å². The van der Waals surface area contributed by atoms with Gasteiger partial charge in [0.15, 0.2) is 5.69 Å². The molecule has 0 amide bonds. The van der Waals surface area contributed by atoms with Crippen molar-refractivity contribution in [2.75, 3.05) is 6.61 Å². The summed E-state index contributed by atoms with van der Waals surface area (Å²) in [5, 5.41) is 13.0. The second-order valence-corrected chi connectivity index (χ2v) is 3.21. The first-order chi connectivity index (χ1) is 6.74. The van der Waals surface area contributed by atoms with Crippen molar-refractivity contribution in [1.82, 2.24) is 9.78 Å². The molecule has 0 fully saturated rings. The summed E-state index contributed by atoms with van der Waals surface area (Å²) in [6.45, 7) is 3.66. The molecule has 0 aromatic carbocycles. The molecule has 5 nitrogen and oxygen atoms in total. The summed E-state index contributed by atoms with van der Waals surface area (Å²) < 4.78 is 7.02. The molecule has 2 rings (SSSR count). The van der Waals surface area contributed by atoms with Crippen molar-refractivity contribution in [1.29, 1.82) is 0 Å². The fourth-order valence-corrected chi connectivity index (χ4v) is 1.74. The molecule has 2 heterocycles. The minimum Gasteiger partial charge on any atom is -0.476 e. The largest absolute Gasteiger partial charge is 0.476 e. The van der Waals surface area contributed by atoms with E-state index in [9.17, 15) is 4.79 Å². The molecule has 0 saturated carbocycles. The van der Waals surface area contributed by atoms with E-state index >= 15 is 0 Å². The Labute approximate surface area is 81.3 Å². The van der Waals surface area contributed by atoms with Crippen molar-refractivity contribution in [3.8, 4) is 0 Å². The predicted molar refractivity (Wildman–Crippen MR) is 48.2 cm³/mol. The molecule has 0 atom stereocenters. The fraction of sp³-hybridized carbons (Fsp3) is 0.556. The van der Waals surface area contributed by atoms with Crippen molar-refractivity contribution >= 4 is 5.97 Å². The average Bonchev–Trinajstić information content (AvgIpc) is 2.56. The topological polar surface area (TPSA) is 64.3 Å². The second kappa shape index (κ2) is 3.42. The van der Waals surface area contributed by atoms with E-state index in [1.807, 2.05) is 6.92 Å². The van der Waals surface area contributed by atoms with Gasteiger partial charge >= 0.3 is 5.97 Å². The number of carboxylic acid groups (broad SMARTS) is 1. The third-order valence-corrected chi connectivity index (χ3v) is 2.41. The zero-order valence-corrected chi connectivity index (χ0v) is 7.99. The molecule has 0 spiro atoms. The van der Waals surface area contributed by atoms with Gasteiger partial charge < -0.3 is 9.84 Å². The van der Waals surface area contributed by atoms with Gasteiger partial charge in [0.1, 0.15) is 0 Å². The normalized spacial score (nSPS) is 15.2. The Hall–Kier alpha value is -1.36. The average molecular weight is 196 g/mol. The first kappa shape index (κ1) is 9.21. The number of aromatic carboxylic acids is 1. The molecule has 5 heteroatoms. The van der Waals surface area contributed by atoms with Crippen molar-refractivity contribution in [3.05, 3.63) is 17.0 Å². The monoisotopic (exact) mass is 196 g/mol. The minimum absolute atomic E-state index is 0.174. The van der Waals surface area contributed by atoms with Crippen LogP contribution in [0.25, 0.3) is 0 Å². The lowest BCUT2D eigenvalue weighted by Crippen LogP contribution is -2.17. The van der Waals surface area contributed by atoms with E-state index in [1.165, 1.54) is 0 Å². The molecular weight excluding hydrogens is 184 g/mol. The highest BCUT2D eigenvalue weighted by Crippen LogP contribution is 2.19. The van der Waals surface area contributed by atoms with E-state index in [1.54, 1.807) is 4.68 Å². The van der Waals surface area contributed by atoms with Gasteiger partial charge in [-0.05, 0) is 6.42 Å². The van der Waals surface area contributed by atoms with Crippen LogP contribution in [-0.2, 0) is 24.3 Å². The van der Waals surface area contributed by atoms with Crippen LogP contribution < -0.4 is 0 Å². The SMILES string of the molecule is CCc1c(C(=O)O)nn2c1COCC2. The quantitative estimate of drug-likeness (QED) is 0.755. The number of rotatable bonds is 2. The van der Waals surface area contributed by atoms with Crippen LogP contribution >= 0.6 is 0 Å². The van der Waals surface area contributed by atoms with Crippen molar-refractivity contribution in [2.24, 2.45) is 0 Å². The lowest BCUT2D eigenvalue weighted by Gasteiger charge is -2.14. The van der Waals surface area contributed by atoms with E-state index < -0.39 is 5.97 Å². The summed E-state index contributed by atoms with van der Waals surface area (Å²) in [6, 6.07) is 0. The van der Waals surface area contributed by atoms with Gasteiger partial charge in [0.25, 0.3) is 0 Å². The van der Waals surface area contributed by atoms with Crippen LogP contribution in [0.5, 0.6) is 0 Å². The Morgan fingerprint density at radius 1 is 1.71 bits per heavy atom. The fourth-order valence-electron chi connectivity index (χ4n) is 1.74. The molecule has 0 bridgehead atoms. The van der Waals surface area contributed by atoms with Crippen LogP contribution in [0.2, 0.25) is 0 Å². The smallest absolute Gasteiger partial charge is 0.356 e. The number of aromatic nitrogens is 2. The molecular formula is C9H12N2O3. The molecule has 1 aromatic rings. The first-order valence-electron chi connectivity index (χ1n) is 4.63. The zero-order valence-electron chi connectivity index (χ0n) is 7.99. The first-order valence-corrected chi connectivity index (χ1v) is 4.63. The number of nitrogens with zero attached hydrogens (tertiary/aromatic N) is 2. The van der Waals surface area contributed by atoms with Gasteiger partial charge in [-0.3, -0.25) is 4.68 Å². The molecule has 1 N–H and O–H groups in total. The lowest BCUT2D eigenvalue weighted by atomic mass is 10.1. The maximum Gasteiger partial charge on any atom is 0.356 e. The van der Waals surface area contributed by atoms with Crippen molar-refractivity contribution in [3.63, 3.8) is 0 Å². The molecule has 0 radical (unpaired) electrons. The highest BCUT2D eigenvalue weighted by molar-refractivity contribution is 5.87. The summed E-state index contributed by atoms with van der Waals surface area (Å²) in [5.41, 5.74) is 1.89. The van der Waals surface area contributed by atoms with Crippen molar-refractivity contribution in [2.45, 2.75) is 26.5 Å². The minimum atomic E-state index is -0.955. The summed E-state index contributed by atoms with van der Waals surface area (Å²) >= 11 is 0. The third-order valence-electron chi connectivity index (χ3n) is 2.41. The summed E-state index contributed by atoms with van der Waals surface area (Å²) in [7, 11) is 0. The molecule has 0 aliphatic carbocycles. The Kier molecular flexibility index (Phi) is 2.25. The standard InChI is InChI=1S/C9H12N2O3/c1-2-6-7-5-14-4-3-11(7)10-8(6)9(12)13/h2-5H2,1H3,(H,12,13). The van der Waals surface area contributed by atoms with Crippen LogP contribution in [0.4, 0.5) is 0 Å². The molecule has 0 unspecified atom stereocenters. The highest BCUT2D eigenvalue weighted by atomic mass is 16.5. The Bertz CT molecular complexity index is 370. The van der Waals surface area contributed by atoms with Gasteiger partial charge in [-0.25, -0.2) is 4.79 Å². The van der Waals surface area contributed by atoms with E-state index in [4.69, 9.17) is 9.84 Å². The maximum atomic E-state index is 10.9. The van der Waals surface area contributed by atoms with Gasteiger partial charge in [0, 0.05) is 5.56 Å². The molecule has 76 valence electrons. The van der Waals surface area contributed by atoms with Gasteiger partial charge in [-0.1, -0.05) is 6.92 Å². The van der Waals surface area contributed by atoms with Gasteiger partial charge in [-0.15, -0.1) is 0 Å². The van der Waals surface area contributed by atoms with Gasteiger partial charge in [-0.2, -0.15) is 5.10 Å². The second-order valence-electron chi connectivity index (χ2n) is 3.21. The highest BCUT2D eigenvalue weighted by Gasteiger charge is 2.22. The number of hydrogen-bond acceptors (Lipinski definition) is 3. The van der Waals surface area contributed by atoms with E-state index in [-0.39, 0.29) is 5.69 Å². The molecule has 1 aromatic heterocycles. The lowest BCUT2D eigenvalue weighted by molar-refractivity contribution is 0.0684. The number of ether oxygens (including phenoxy) is 1. The molecule has 1 aliphatic heterocycles. The summed E-state index contributed by atoms with van der Waals surface area (Å²) in [5.74, 6) is -0.955. The van der Waals surface area contributed by atoms with E-state index in [2.05, 4.69) is 5.10 Å². The number of carboxylic acids is 1. The summed E-state index contributed by atoms with van der Waals surface area (Å²) in [6.07, 6.45) is 0.681. The van der Waals surface area contributed by atoms with Crippen LogP contribution in [0.15, 0.2) is 0 Å². The zero-order chi connectivity index (χ0) is 10.1. The Morgan fingerprint density at radius 3 is 3.14 bits per heavy atom. The van der Waals surface area contributed by atoms with Gasteiger partial charge in [0.2, 0.25) is 0 Å². The number of carbonyl (C=O) groups is 1. The predicted octanol–water partition coefficient (Wildman–Crippen LogP) is 0.674. The summed E-state index contributed by atoms with van der Waals surface area (Å²) in [4.78, 5) is 10.9. The number of fused-ring (bicyclic) bond motifs is 1. The van der Waals surface area contributed by atoms with E-state index in [0.29, 0.717) is 26.2 Å².